The van der Waals surface area contributed by atoms with Gasteiger partial charge >= 0.3 is 0 Å². The Labute approximate surface area is 137 Å². The summed E-state index contributed by atoms with van der Waals surface area (Å²) in [6.07, 6.45) is 8.03. The number of nitrogens with zero attached hydrogens (tertiary/aromatic N) is 2. The molecule has 2 heterocycles. The molecule has 0 saturated carbocycles. The summed E-state index contributed by atoms with van der Waals surface area (Å²) in [5.41, 5.74) is 2.18. The molecule has 5 heteroatoms. The third-order valence-electron chi connectivity index (χ3n) is 3.33. The fourth-order valence-corrected chi connectivity index (χ4v) is 2.86. The summed E-state index contributed by atoms with van der Waals surface area (Å²) in [6.45, 7) is 5.92. The number of ether oxygens (including phenoxy) is 1. The van der Waals surface area contributed by atoms with E-state index in [9.17, 15) is 0 Å². The molecule has 22 heavy (non-hydrogen) atoms. The molecule has 0 spiro atoms. The van der Waals surface area contributed by atoms with Crippen LogP contribution in [0, 0.1) is 0 Å². The molecule has 0 aliphatic rings. The zero-order chi connectivity index (χ0) is 15.5. The van der Waals surface area contributed by atoms with E-state index in [0.29, 0.717) is 0 Å². The van der Waals surface area contributed by atoms with Crippen LogP contribution in [-0.4, -0.2) is 36.3 Å². The van der Waals surface area contributed by atoms with E-state index in [1.807, 2.05) is 12.1 Å². The minimum atomic E-state index is 0.858. The number of pyridine rings is 1. The Hall–Kier alpha value is -1.30. The molecule has 2 aromatic heterocycles. The van der Waals surface area contributed by atoms with E-state index >= 15 is 0 Å². The van der Waals surface area contributed by atoms with Gasteiger partial charge in [0.05, 0.1) is 10.7 Å². The van der Waals surface area contributed by atoms with Crippen molar-refractivity contribution in [3.63, 3.8) is 0 Å². The number of hydrogen-bond donors (Lipinski definition) is 1. The number of rotatable bonds is 11. The van der Waals surface area contributed by atoms with Gasteiger partial charge in [0.1, 0.15) is 0 Å². The molecule has 0 unspecified atom stereocenters. The van der Waals surface area contributed by atoms with Gasteiger partial charge in [-0.1, -0.05) is 13.3 Å². The second kappa shape index (κ2) is 10.4. The van der Waals surface area contributed by atoms with Gasteiger partial charge in [0.25, 0.3) is 0 Å². The van der Waals surface area contributed by atoms with Crippen molar-refractivity contribution in [2.45, 2.75) is 32.6 Å². The number of aromatic nitrogens is 2. The van der Waals surface area contributed by atoms with E-state index in [4.69, 9.17) is 4.74 Å². The molecule has 0 aromatic carbocycles. The van der Waals surface area contributed by atoms with Crippen LogP contribution in [0.15, 0.2) is 29.9 Å². The maximum atomic E-state index is 5.54. The average Bonchev–Trinajstić information content (AvgIpc) is 3.03. The van der Waals surface area contributed by atoms with Crippen molar-refractivity contribution >= 4 is 11.3 Å². The van der Waals surface area contributed by atoms with Crippen molar-refractivity contribution in [1.82, 2.24) is 15.3 Å². The summed E-state index contributed by atoms with van der Waals surface area (Å²) in [4.78, 5) is 8.71. The van der Waals surface area contributed by atoms with Crippen molar-refractivity contribution in [3.8, 4) is 11.3 Å². The van der Waals surface area contributed by atoms with Gasteiger partial charge in [0.2, 0.25) is 0 Å². The SMILES string of the molecule is CCCCOCCCNCCc1nc(-c2ccncc2)cs1. The lowest BCUT2D eigenvalue weighted by molar-refractivity contribution is 0.129. The number of nitrogens with one attached hydrogen (secondary N) is 1. The highest BCUT2D eigenvalue weighted by Gasteiger charge is 2.03. The number of unbranched alkanes of at least 4 members (excludes halogenated alkanes) is 1. The van der Waals surface area contributed by atoms with Crippen LogP contribution in [0.3, 0.4) is 0 Å². The van der Waals surface area contributed by atoms with Gasteiger partial charge in [-0.25, -0.2) is 4.98 Å². The van der Waals surface area contributed by atoms with Crippen molar-refractivity contribution in [2.24, 2.45) is 0 Å². The van der Waals surface area contributed by atoms with Crippen LogP contribution in [0.25, 0.3) is 11.3 Å². The lowest BCUT2D eigenvalue weighted by atomic mass is 10.2. The topological polar surface area (TPSA) is 47.0 Å². The first-order valence-electron chi connectivity index (χ1n) is 8.03. The lowest BCUT2D eigenvalue weighted by Gasteiger charge is -2.04. The van der Waals surface area contributed by atoms with E-state index in [0.717, 1.165) is 56.8 Å². The van der Waals surface area contributed by atoms with E-state index < -0.39 is 0 Å². The maximum absolute atomic E-state index is 5.54. The van der Waals surface area contributed by atoms with Crippen molar-refractivity contribution in [1.29, 1.82) is 0 Å². The smallest absolute Gasteiger partial charge is 0.0945 e. The molecular formula is C17H25N3OS. The third-order valence-corrected chi connectivity index (χ3v) is 4.24. The van der Waals surface area contributed by atoms with Gasteiger partial charge in [-0.3, -0.25) is 4.98 Å². The van der Waals surface area contributed by atoms with Crippen LogP contribution >= 0.6 is 11.3 Å². The van der Waals surface area contributed by atoms with Gasteiger partial charge in [0, 0.05) is 49.5 Å². The first kappa shape index (κ1) is 17.1. The molecule has 0 radical (unpaired) electrons. The van der Waals surface area contributed by atoms with Crippen LogP contribution in [0.2, 0.25) is 0 Å². The van der Waals surface area contributed by atoms with E-state index in [1.165, 1.54) is 11.4 Å². The molecule has 4 nitrogen and oxygen atoms in total. The highest BCUT2D eigenvalue weighted by Crippen LogP contribution is 2.21. The molecule has 1 N–H and O–H groups in total. The first-order chi connectivity index (χ1) is 10.9. The van der Waals surface area contributed by atoms with Crippen molar-refractivity contribution in [3.05, 3.63) is 34.9 Å². The molecule has 2 rings (SSSR count). The molecule has 120 valence electrons. The predicted molar refractivity (Wildman–Crippen MR) is 92.3 cm³/mol. The van der Waals surface area contributed by atoms with Crippen LogP contribution in [-0.2, 0) is 11.2 Å². The summed E-state index contributed by atoms with van der Waals surface area (Å²) in [7, 11) is 0. The first-order valence-corrected chi connectivity index (χ1v) is 8.91. The lowest BCUT2D eigenvalue weighted by Crippen LogP contribution is -2.19. The summed E-state index contributed by atoms with van der Waals surface area (Å²) < 4.78 is 5.54. The molecule has 2 aromatic rings. The molecule has 0 aliphatic carbocycles. The van der Waals surface area contributed by atoms with Gasteiger partial charge in [-0.05, 0) is 31.5 Å². The molecule has 0 saturated heterocycles. The summed E-state index contributed by atoms with van der Waals surface area (Å²) in [5.74, 6) is 0. The average molecular weight is 319 g/mol. The fourth-order valence-electron chi connectivity index (χ4n) is 2.05. The monoisotopic (exact) mass is 319 g/mol. The van der Waals surface area contributed by atoms with Gasteiger partial charge in [-0.2, -0.15) is 0 Å². The highest BCUT2D eigenvalue weighted by atomic mass is 32.1. The van der Waals surface area contributed by atoms with Crippen LogP contribution in [0.1, 0.15) is 31.2 Å². The summed E-state index contributed by atoms with van der Waals surface area (Å²) in [6, 6.07) is 3.99. The predicted octanol–water partition coefficient (Wildman–Crippen LogP) is 3.54. The van der Waals surface area contributed by atoms with Crippen molar-refractivity contribution in [2.75, 3.05) is 26.3 Å². The Kier molecular flexibility index (Phi) is 8.09. The van der Waals surface area contributed by atoms with E-state index in [2.05, 4.69) is 27.6 Å². The van der Waals surface area contributed by atoms with Crippen LogP contribution < -0.4 is 5.32 Å². The second-order valence-corrected chi connectivity index (χ2v) is 6.12. The molecular weight excluding hydrogens is 294 g/mol. The highest BCUT2D eigenvalue weighted by molar-refractivity contribution is 7.09. The zero-order valence-corrected chi connectivity index (χ0v) is 14.1. The summed E-state index contributed by atoms with van der Waals surface area (Å²) in [5, 5.41) is 6.75. The van der Waals surface area contributed by atoms with E-state index in [-0.39, 0.29) is 0 Å². The standard InChI is InChI=1S/C17H25N3OS/c1-2-3-12-21-13-4-8-18-11-7-17-20-16(14-22-17)15-5-9-19-10-6-15/h5-6,9-10,14,18H,2-4,7-8,11-13H2,1H3. The normalized spacial score (nSPS) is 11.0. The Morgan fingerprint density at radius 2 is 1.95 bits per heavy atom. The van der Waals surface area contributed by atoms with E-state index in [1.54, 1.807) is 23.7 Å². The third kappa shape index (κ3) is 6.22. The quantitative estimate of drug-likeness (QED) is 0.644. The maximum Gasteiger partial charge on any atom is 0.0945 e. The molecule has 0 fully saturated rings. The molecule has 0 atom stereocenters. The molecule has 0 amide bonds. The Bertz CT molecular complexity index is 516. The largest absolute Gasteiger partial charge is 0.381 e. The number of hydrogen-bond acceptors (Lipinski definition) is 5. The molecule has 0 aliphatic heterocycles. The van der Waals surface area contributed by atoms with Crippen LogP contribution in [0.5, 0.6) is 0 Å². The Morgan fingerprint density at radius 3 is 2.77 bits per heavy atom. The Balaban J connectivity index is 1.57. The zero-order valence-electron chi connectivity index (χ0n) is 13.3. The fraction of sp³-hybridized carbons (Fsp3) is 0.529. The van der Waals surface area contributed by atoms with Gasteiger partial charge in [-0.15, -0.1) is 11.3 Å². The van der Waals surface area contributed by atoms with Gasteiger partial charge in [0.15, 0.2) is 0 Å². The summed E-state index contributed by atoms with van der Waals surface area (Å²) >= 11 is 1.73. The minimum Gasteiger partial charge on any atom is -0.381 e. The Morgan fingerprint density at radius 1 is 1.14 bits per heavy atom. The van der Waals surface area contributed by atoms with Crippen molar-refractivity contribution < 1.29 is 4.74 Å². The van der Waals surface area contributed by atoms with Gasteiger partial charge < -0.3 is 10.1 Å². The molecule has 0 bridgehead atoms. The van der Waals surface area contributed by atoms with Crippen LogP contribution in [0.4, 0.5) is 0 Å². The minimum absolute atomic E-state index is 0.858. The second-order valence-electron chi connectivity index (χ2n) is 5.18. The number of thiazole rings is 1.